The van der Waals surface area contributed by atoms with Gasteiger partial charge >= 0.3 is 6.03 Å². The number of rotatable bonds is 3. The summed E-state index contributed by atoms with van der Waals surface area (Å²) in [7, 11) is 0. The first kappa shape index (κ1) is 15.1. The summed E-state index contributed by atoms with van der Waals surface area (Å²) in [5, 5.41) is 3.50. The van der Waals surface area contributed by atoms with Crippen LogP contribution in [0, 0.1) is 0 Å². The summed E-state index contributed by atoms with van der Waals surface area (Å²) in [5.74, 6) is 0. The van der Waals surface area contributed by atoms with E-state index in [0.717, 1.165) is 12.8 Å². The third-order valence-electron chi connectivity index (χ3n) is 3.88. The van der Waals surface area contributed by atoms with Crippen LogP contribution in [0.25, 0.3) is 0 Å². The molecule has 1 aliphatic rings. The molecule has 2 rings (SSSR count). The molecule has 0 radical (unpaired) electrons. The summed E-state index contributed by atoms with van der Waals surface area (Å²) in [6.45, 7) is 6.64. The molecule has 0 aliphatic carbocycles. The lowest BCUT2D eigenvalue weighted by molar-refractivity contribution is -0.0494. The van der Waals surface area contributed by atoms with Gasteiger partial charge in [0.25, 0.3) is 0 Å². The molecule has 2 unspecified atom stereocenters. The van der Waals surface area contributed by atoms with E-state index in [4.69, 9.17) is 16.3 Å². The van der Waals surface area contributed by atoms with Crippen molar-refractivity contribution in [3.8, 4) is 0 Å². The number of nitrogens with zero attached hydrogens (tertiary/aromatic N) is 1. The van der Waals surface area contributed by atoms with Crippen molar-refractivity contribution in [1.82, 2.24) is 4.90 Å². The van der Waals surface area contributed by atoms with Crippen molar-refractivity contribution < 1.29 is 9.53 Å². The van der Waals surface area contributed by atoms with Gasteiger partial charge in [-0.2, -0.15) is 0 Å². The largest absolute Gasteiger partial charge is 0.354 e. The van der Waals surface area contributed by atoms with E-state index in [0.29, 0.717) is 17.3 Å². The molecule has 20 heavy (non-hydrogen) atoms. The van der Waals surface area contributed by atoms with Gasteiger partial charge in [-0.3, -0.25) is 4.90 Å². The van der Waals surface area contributed by atoms with E-state index in [2.05, 4.69) is 12.2 Å². The zero-order valence-electron chi connectivity index (χ0n) is 12.1. The first-order valence-corrected chi connectivity index (χ1v) is 7.37. The van der Waals surface area contributed by atoms with Gasteiger partial charge in [-0.05, 0) is 38.0 Å². The summed E-state index contributed by atoms with van der Waals surface area (Å²) in [6, 6.07) is 7.13. The smallest absolute Gasteiger partial charge is 0.324 e. The number of carbonyl (C=O) groups excluding carboxylic acids is 1. The van der Waals surface area contributed by atoms with Crippen molar-refractivity contribution in [3.63, 3.8) is 0 Å². The van der Waals surface area contributed by atoms with Crippen LogP contribution in [0.3, 0.4) is 0 Å². The third kappa shape index (κ3) is 2.91. The molecule has 1 N–H and O–H groups in total. The minimum atomic E-state index is -0.538. The lowest BCUT2D eigenvalue weighted by Crippen LogP contribution is -2.51. The number of halogens is 1. The maximum absolute atomic E-state index is 12.6. The molecule has 1 saturated heterocycles. The fourth-order valence-corrected chi connectivity index (χ4v) is 2.70. The molecule has 2 atom stereocenters. The Balaban J connectivity index is 2.17. The van der Waals surface area contributed by atoms with Crippen LogP contribution in [-0.4, -0.2) is 29.3 Å². The van der Waals surface area contributed by atoms with Gasteiger partial charge in [-0.1, -0.05) is 31.5 Å². The number of benzene rings is 1. The Morgan fingerprint density at radius 3 is 2.90 bits per heavy atom. The highest BCUT2D eigenvalue weighted by molar-refractivity contribution is 6.30. The van der Waals surface area contributed by atoms with E-state index in [9.17, 15) is 4.79 Å². The van der Waals surface area contributed by atoms with Crippen LogP contribution < -0.4 is 5.32 Å². The van der Waals surface area contributed by atoms with Crippen molar-refractivity contribution in [2.45, 2.75) is 45.4 Å². The quantitative estimate of drug-likeness (QED) is 0.912. The molecule has 0 aromatic heterocycles. The van der Waals surface area contributed by atoms with Crippen molar-refractivity contribution in [2.24, 2.45) is 0 Å². The van der Waals surface area contributed by atoms with Gasteiger partial charge in [-0.15, -0.1) is 0 Å². The van der Waals surface area contributed by atoms with Gasteiger partial charge < -0.3 is 10.1 Å². The Labute approximate surface area is 125 Å². The molecule has 4 nitrogen and oxygen atoms in total. The lowest BCUT2D eigenvalue weighted by atomic mass is 10.1. The highest BCUT2D eigenvalue weighted by Crippen LogP contribution is 2.32. The van der Waals surface area contributed by atoms with Crippen molar-refractivity contribution >= 4 is 23.3 Å². The molecule has 110 valence electrons. The number of hydrogen-bond acceptors (Lipinski definition) is 2. The second-order valence-electron chi connectivity index (χ2n) is 5.21. The number of ether oxygens (including phenoxy) is 1. The Bertz CT molecular complexity index is 495. The predicted octanol–water partition coefficient (Wildman–Crippen LogP) is 4.11. The van der Waals surface area contributed by atoms with Crippen LogP contribution in [0.4, 0.5) is 10.5 Å². The second kappa shape index (κ2) is 6.02. The molecule has 1 heterocycles. The zero-order chi connectivity index (χ0) is 14.8. The molecule has 2 amide bonds. The molecule has 1 fully saturated rings. The first-order chi connectivity index (χ1) is 9.50. The van der Waals surface area contributed by atoms with E-state index in [1.165, 1.54) is 0 Å². The Morgan fingerprint density at radius 2 is 2.30 bits per heavy atom. The van der Waals surface area contributed by atoms with Crippen molar-refractivity contribution in [3.05, 3.63) is 29.3 Å². The van der Waals surface area contributed by atoms with E-state index in [1.54, 1.807) is 12.1 Å². The lowest BCUT2D eigenvalue weighted by Gasteiger charge is -2.35. The average molecular weight is 297 g/mol. The standard InChI is InChI=1S/C15H21ClN2O2/c1-4-13-10-20-15(3,5-2)18(13)14(19)17-12-8-6-7-11(16)9-12/h6-9,13H,4-5,10H2,1-3H3,(H,17,19). The van der Waals surface area contributed by atoms with Gasteiger partial charge in [0.15, 0.2) is 0 Å². The van der Waals surface area contributed by atoms with Crippen molar-refractivity contribution in [1.29, 1.82) is 0 Å². The number of hydrogen-bond donors (Lipinski definition) is 1. The van der Waals surface area contributed by atoms with Crippen LogP contribution in [0.1, 0.15) is 33.6 Å². The first-order valence-electron chi connectivity index (χ1n) is 7.00. The molecule has 1 aromatic carbocycles. The molecule has 5 heteroatoms. The number of amides is 2. The summed E-state index contributed by atoms with van der Waals surface area (Å²) in [4.78, 5) is 14.4. The van der Waals surface area contributed by atoms with Gasteiger partial charge in [0.1, 0.15) is 5.72 Å². The second-order valence-corrected chi connectivity index (χ2v) is 5.65. The normalized spacial score (nSPS) is 25.8. The summed E-state index contributed by atoms with van der Waals surface area (Å²) in [5.41, 5.74) is 0.159. The zero-order valence-corrected chi connectivity index (χ0v) is 12.9. The molecule has 1 aromatic rings. The van der Waals surface area contributed by atoms with E-state index < -0.39 is 5.72 Å². The molecule has 0 bridgehead atoms. The Hall–Kier alpha value is -1.26. The van der Waals surface area contributed by atoms with Crippen LogP contribution in [0.2, 0.25) is 5.02 Å². The van der Waals surface area contributed by atoms with Crippen LogP contribution in [0.15, 0.2) is 24.3 Å². The fraction of sp³-hybridized carbons (Fsp3) is 0.533. The molecular formula is C15H21ClN2O2. The molecule has 0 spiro atoms. The monoisotopic (exact) mass is 296 g/mol. The number of nitrogens with one attached hydrogen (secondary N) is 1. The van der Waals surface area contributed by atoms with Gasteiger partial charge in [-0.25, -0.2) is 4.79 Å². The van der Waals surface area contributed by atoms with Gasteiger partial charge in [0.05, 0.1) is 12.6 Å². The summed E-state index contributed by atoms with van der Waals surface area (Å²) < 4.78 is 5.83. The van der Waals surface area contributed by atoms with E-state index in [1.807, 2.05) is 30.9 Å². The van der Waals surface area contributed by atoms with E-state index in [-0.39, 0.29) is 12.1 Å². The molecule has 1 aliphatic heterocycles. The summed E-state index contributed by atoms with van der Waals surface area (Å²) >= 11 is 5.94. The number of carbonyl (C=O) groups is 1. The van der Waals surface area contributed by atoms with Crippen LogP contribution >= 0.6 is 11.6 Å². The molecular weight excluding hydrogens is 276 g/mol. The van der Waals surface area contributed by atoms with Gasteiger partial charge in [0.2, 0.25) is 0 Å². The topological polar surface area (TPSA) is 41.6 Å². The number of anilines is 1. The van der Waals surface area contributed by atoms with Crippen LogP contribution in [-0.2, 0) is 4.74 Å². The Kier molecular flexibility index (Phi) is 4.55. The summed E-state index contributed by atoms with van der Waals surface area (Å²) in [6.07, 6.45) is 1.63. The minimum absolute atomic E-state index is 0.110. The SMILES string of the molecule is CCC1COC(C)(CC)N1C(=O)Nc1cccc(Cl)c1. The number of urea groups is 1. The van der Waals surface area contributed by atoms with E-state index >= 15 is 0 Å². The minimum Gasteiger partial charge on any atom is -0.354 e. The molecule has 0 saturated carbocycles. The highest BCUT2D eigenvalue weighted by Gasteiger charge is 2.45. The Morgan fingerprint density at radius 1 is 1.55 bits per heavy atom. The third-order valence-corrected chi connectivity index (χ3v) is 4.12. The predicted molar refractivity (Wildman–Crippen MR) is 81.0 cm³/mol. The average Bonchev–Trinajstić information content (AvgIpc) is 2.76. The van der Waals surface area contributed by atoms with Crippen molar-refractivity contribution in [2.75, 3.05) is 11.9 Å². The van der Waals surface area contributed by atoms with Gasteiger partial charge in [0, 0.05) is 10.7 Å². The van der Waals surface area contributed by atoms with Crippen LogP contribution in [0.5, 0.6) is 0 Å². The fourth-order valence-electron chi connectivity index (χ4n) is 2.51. The maximum atomic E-state index is 12.6. The maximum Gasteiger partial charge on any atom is 0.324 e. The highest BCUT2D eigenvalue weighted by atomic mass is 35.5.